The Morgan fingerprint density at radius 2 is 2.14 bits per heavy atom. The average molecular weight is 349 g/mol. The van der Waals surface area contributed by atoms with Gasteiger partial charge in [0.25, 0.3) is 0 Å². The summed E-state index contributed by atoms with van der Waals surface area (Å²) in [5.74, 6) is 0.992. The lowest BCUT2D eigenvalue weighted by atomic mass is 10.1. The zero-order chi connectivity index (χ0) is 14.4. The number of halogens is 1. The molecule has 110 valence electrons. The minimum Gasteiger partial charge on any atom is -0.351 e. The maximum absolute atomic E-state index is 4.41. The van der Waals surface area contributed by atoms with Crippen LogP contribution in [0.2, 0.25) is 0 Å². The molecule has 0 N–H and O–H groups in total. The van der Waals surface area contributed by atoms with Gasteiger partial charge in [-0.2, -0.15) is 10.2 Å². The summed E-state index contributed by atoms with van der Waals surface area (Å²) in [7, 11) is 2.15. The Kier molecular flexibility index (Phi) is 3.19. The quantitative estimate of drug-likeness (QED) is 0.822. The first-order valence-electron chi connectivity index (χ1n) is 7.17. The van der Waals surface area contributed by atoms with Crippen molar-refractivity contribution in [1.82, 2.24) is 24.9 Å². The molecule has 4 rings (SSSR count). The zero-order valence-corrected chi connectivity index (χ0v) is 13.5. The van der Waals surface area contributed by atoms with Crippen molar-refractivity contribution in [3.63, 3.8) is 0 Å². The van der Waals surface area contributed by atoms with E-state index in [2.05, 4.69) is 54.1 Å². The van der Waals surface area contributed by atoms with Crippen molar-refractivity contribution in [2.45, 2.75) is 19.0 Å². The van der Waals surface area contributed by atoms with Gasteiger partial charge in [0, 0.05) is 38.8 Å². The molecule has 7 heteroatoms. The van der Waals surface area contributed by atoms with Crippen molar-refractivity contribution in [1.29, 1.82) is 0 Å². The van der Waals surface area contributed by atoms with Crippen molar-refractivity contribution in [3.05, 3.63) is 34.2 Å². The number of anilines is 1. The van der Waals surface area contributed by atoms with Crippen molar-refractivity contribution in [2.75, 3.05) is 31.6 Å². The van der Waals surface area contributed by atoms with Gasteiger partial charge in [-0.3, -0.25) is 4.68 Å². The van der Waals surface area contributed by atoms with Crippen molar-refractivity contribution in [2.24, 2.45) is 0 Å². The Balaban J connectivity index is 1.48. The molecule has 6 nitrogen and oxygen atoms in total. The van der Waals surface area contributed by atoms with Gasteiger partial charge in [0.2, 0.25) is 0 Å². The summed E-state index contributed by atoms with van der Waals surface area (Å²) in [4.78, 5) is 4.59. The van der Waals surface area contributed by atoms with Crippen LogP contribution in [-0.2, 0) is 13.0 Å². The Morgan fingerprint density at radius 1 is 1.29 bits per heavy atom. The second kappa shape index (κ2) is 5.06. The first kappa shape index (κ1) is 13.2. The summed E-state index contributed by atoms with van der Waals surface area (Å²) in [6, 6.07) is 2.63. The molecule has 0 bridgehead atoms. The lowest BCUT2D eigenvalue weighted by Gasteiger charge is -2.40. The smallest absolute Gasteiger partial charge is 0.151 e. The van der Waals surface area contributed by atoms with E-state index in [4.69, 9.17) is 0 Å². The van der Waals surface area contributed by atoms with E-state index in [9.17, 15) is 0 Å². The molecule has 0 aromatic carbocycles. The van der Waals surface area contributed by atoms with Crippen LogP contribution in [-0.4, -0.2) is 51.6 Å². The van der Waals surface area contributed by atoms with Gasteiger partial charge in [0.15, 0.2) is 5.82 Å². The number of fused-ring (bicyclic) bond motifs is 1. The van der Waals surface area contributed by atoms with Crippen LogP contribution in [0.4, 0.5) is 5.82 Å². The minimum atomic E-state index is 0.428. The van der Waals surface area contributed by atoms with E-state index in [-0.39, 0.29) is 0 Å². The molecular weight excluding hydrogens is 332 g/mol. The number of hydrogen-bond donors (Lipinski definition) is 0. The van der Waals surface area contributed by atoms with Gasteiger partial charge in [-0.15, -0.1) is 5.10 Å². The predicted molar refractivity (Wildman–Crippen MR) is 83.2 cm³/mol. The van der Waals surface area contributed by atoms with E-state index >= 15 is 0 Å². The third-order valence-corrected chi connectivity index (χ3v) is 4.66. The maximum Gasteiger partial charge on any atom is 0.151 e. The van der Waals surface area contributed by atoms with Gasteiger partial charge in [-0.25, -0.2) is 0 Å². The van der Waals surface area contributed by atoms with E-state index < -0.39 is 0 Å². The van der Waals surface area contributed by atoms with Crippen molar-refractivity contribution >= 4 is 21.7 Å². The number of nitrogens with zero attached hydrogens (tertiary/aromatic N) is 6. The summed E-state index contributed by atoms with van der Waals surface area (Å²) in [6.07, 6.45) is 4.86. The van der Waals surface area contributed by atoms with Gasteiger partial charge in [-0.1, -0.05) is 0 Å². The predicted octanol–water partition coefficient (Wildman–Crippen LogP) is 1.48. The monoisotopic (exact) mass is 348 g/mol. The van der Waals surface area contributed by atoms with Crippen LogP contribution in [0.3, 0.4) is 0 Å². The Labute approximate surface area is 131 Å². The van der Waals surface area contributed by atoms with Crippen molar-refractivity contribution in [3.8, 4) is 0 Å². The molecule has 0 unspecified atom stereocenters. The molecule has 2 aliphatic rings. The summed E-state index contributed by atoms with van der Waals surface area (Å²) < 4.78 is 3.04. The van der Waals surface area contributed by atoms with Gasteiger partial charge in [0.1, 0.15) is 0 Å². The van der Waals surface area contributed by atoms with E-state index in [0.717, 1.165) is 48.6 Å². The number of rotatable bonds is 2. The first-order valence-corrected chi connectivity index (χ1v) is 7.97. The number of likely N-dealkylation sites (N-methyl/N-ethyl adjacent to an activating group) is 1. The molecule has 0 spiro atoms. The summed E-state index contributed by atoms with van der Waals surface area (Å²) in [5.41, 5.74) is 2.48. The van der Waals surface area contributed by atoms with Crippen LogP contribution in [0.15, 0.2) is 22.9 Å². The Morgan fingerprint density at radius 3 is 2.90 bits per heavy atom. The summed E-state index contributed by atoms with van der Waals surface area (Å²) >= 11 is 3.44. The highest BCUT2D eigenvalue weighted by atomic mass is 79.9. The largest absolute Gasteiger partial charge is 0.351 e. The molecular formula is C14H17BrN6. The molecule has 2 aromatic heterocycles. The molecule has 2 aromatic rings. The van der Waals surface area contributed by atoms with Gasteiger partial charge >= 0.3 is 0 Å². The van der Waals surface area contributed by atoms with Gasteiger partial charge < -0.3 is 9.80 Å². The van der Waals surface area contributed by atoms with Crippen LogP contribution in [0, 0.1) is 0 Å². The van der Waals surface area contributed by atoms with Crippen LogP contribution in [0.5, 0.6) is 0 Å². The SMILES string of the molecule is CN1CCc2nnc(N3CC(n4cc(Br)cn4)C3)cc2C1. The molecule has 0 amide bonds. The number of aromatic nitrogens is 4. The third kappa shape index (κ3) is 2.44. The molecule has 0 radical (unpaired) electrons. The van der Waals surface area contributed by atoms with Crippen LogP contribution < -0.4 is 4.90 Å². The molecule has 0 atom stereocenters. The minimum absolute atomic E-state index is 0.428. The van der Waals surface area contributed by atoms with Crippen LogP contribution >= 0.6 is 15.9 Å². The van der Waals surface area contributed by atoms with Crippen molar-refractivity contribution < 1.29 is 0 Å². The third-order valence-electron chi connectivity index (χ3n) is 4.25. The lowest BCUT2D eigenvalue weighted by Crippen LogP contribution is -2.48. The first-order chi connectivity index (χ1) is 10.2. The molecule has 1 saturated heterocycles. The van der Waals surface area contributed by atoms with E-state index in [1.165, 1.54) is 5.56 Å². The average Bonchev–Trinajstić information content (AvgIpc) is 2.83. The van der Waals surface area contributed by atoms with E-state index in [1.54, 1.807) is 0 Å². The second-order valence-corrected chi connectivity index (χ2v) is 6.78. The zero-order valence-electron chi connectivity index (χ0n) is 11.9. The fourth-order valence-electron chi connectivity index (χ4n) is 2.94. The molecule has 21 heavy (non-hydrogen) atoms. The van der Waals surface area contributed by atoms with Crippen LogP contribution in [0.1, 0.15) is 17.3 Å². The standard InChI is InChI=1S/C14H17BrN6/c1-19-3-2-13-10(6-19)4-14(18-17-13)20-8-12(9-20)21-7-11(15)5-16-21/h4-5,7,12H,2-3,6,8-9H2,1H3. The summed E-state index contributed by atoms with van der Waals surface area (Å²) in [5, 5.41) is 13.1. The molecule has 0 saturated carbocycles. The summed E-state index contributed by atoms with van der Waals surface area (Å²) in [6.45, 7) is 3.93. The highest BCUT2D eigenvalue weighted by Gasteiger charge is 2.30. The highest BCUT2D eigenvalue weighted by Crippen LogP contribution is 2.28. The van der Waals surface area contributed by atoms with Gasteiger partial charge in [-0.05, 0) is 34.6 Å². The molecule has 0 aliphatic carbocycles. The maximum atomic E-state index is 4.41. The fourth-order valence-corrected chi connectivity index (χ4v) is 3.24. The molecule has 1 fully saturated rings. The topological polar surface area (TPSA) is 50.1 Å². The highest BCUT2D eigenvalue weighted by molar-refractivity contribution is 9.10. The molecule has 2 aliphatic heterocycles. The Bertz CT molecular complexity index is 663. The van der Waals surface area contributed by atoms with Gasteiger partial charge in [0.05, 0.1) is 22.4 Å². The molecule has 4 heterocycles. The lowest BCUT2D eigenvalue weighted by molar-refractivity contribution is 0.308. The fraction of sp³-hybridized carbons (Fsp3) is 0.500. The van der Waals surface area contributed by atoms with Crippen LogP contribution in [0.25, 0.3) is 0 Å². The normalized spacial score (nSPS) is 19.4. The Hall–Kier alpha value is -1.47. The number of hydrogen-bond acceptors (Lipinski definition) is 5. The van der Waals surface area contributed by atoms with E-state index in [0.29, 0.717) is 6.04 Å². The second-order valence-electron chi connectivity index (χ2n) is 5.86. The van der Waals surface area contributed by atoms with E-state index in [1.807, 2.05) is 17.1 Å².